The molecule has 0 bridgehead atoms. The maximum atomic E-state index is 13.6. The second-order valence-electron chi connectivity index (χ2n) is 10.5. The summed E-state index contributed by atoms with van der Waals surface area (Å²) >= 11 is 0. The van der Waals surface area contributed by atoms with Crippen molar-refractivity contribution in [2.75, 3.05) is 49.9 Å². The van der Waals surface area contributed by atoms with Crippen LogP contribution in [0.3, 0.4) is 0 Å². The number of hydrogen-bond acceptors (Lipinski definition) is 6. The van der Waals surface area contributed by atoms with E-state index in [2.05, 4.69) is 20.4 Å². The van der Waals surface area contributed by atoms with Crippen molar-refractivity contribution in [2.24, 2.45) is 0 Å². The number of carbonyl (C=O) groups excluding carboxylic acids is 4. The molecule has 0 radical (unpaired) electrons. The molecule has 0 saturated carbocycles. The summed E-state index contributed by atoms with van der Waals surface area (Å²) in [6.45, 7) is 5.39. The van der Waals surface area contributed by atoms with E-state index < -0.39 is 0 Å². The fraction of sp³-hybridized carbons (Fsp3) is 0.467. The second-order valence-corrected chi connectivity index (χ2v) is 10.5. The van der Waals surface area contributed by atoms with Crippen molar-refractivity contribution in [3.8, 4) is 0 Å². The van der Waals surface area contributed by atoms with E-state index >= 15 is 0 Å². The van der Waals surface area contributed by atoms with Gasteiger partial charge in [-0.15, -0.1) is 0 Å². The van der Waals surface area contributed by atoms with Gasteiger partial charge >= 0.3 is 0 Å². The number of benzene rings is 2. The molecule has 0 atom stereocenters. The lowest BCUT2D eigenvalue weighted by Gasteiger charge is -2.26. The molecular weight excluding hydrogens is 480 g/mol. The number of rotatable bonds is 8. The molecule has 2 amide bonds. The lowest BCUT2D eigenvalue weighted by atomic mass is 9.82. The molecule has 2 N–H and O–H groups in total. The molecule has 2 aliphatic heterocycles. The molecule has 5 rings (SSSR count). The first-order valence-corrected chi connectivity index (χ1v) is 13.9. The minimum atomic E-state index is -0.328. The Bertz CT molecular complexity index is 1130. The summed E-state index contributed by atoms with van der Waals surface area (Å²) in [5.74, 6) is -1.01. The Hall–Kier alpha value is -3.36. The van der Waals surface area contributed by atoms with E-state index in [1.165, 1.54) is 12.8 Å². The largest absolute Gasteiger partial charge is 0.325 e. The number of hydrogen-bond donors (Lipinski definition) is 2. The molecule has 2 fully saturated rings. The molecule has 1 aliphatic carbocycles. The third-order valence-electron chi connectivity index (χ3n) is 7.83. The van der Waals surface area contributed by atoms with Gasteiger partial charge in [-0.3, -0.25) is 19.2 Å². The fourth-order valence-corrected chi connectivity index (χ4v) is 5.76. The van der Waals surface area contributed by atoms with Crippen LogP contribution >= 0.6 is 0 Å². The number of nitrogens with one attached hydrogen (secondary N) is 2. The van der Waals surface area contributed by atoms with Crippen molar-refractivity contribution >= 4 is 34.8 Å². The van der Waals surface area contributed by atoms with E-state index in [4.69, 9.17) is 0 Å². The van der Waals surface area contributed by atoms with Crippen LogP contribution in [0.4, 0.5) is 11.4 Å². The normalized spacial score (nSPS) is 18.0. The summed E-state index contributed by atoms with van der Waals surface area (Å²) in [6, 6.07) is 9.90. The summed E-state index contributed by atoms with van der Waals surface area (Å²) in [7, 11) is 0. The van der Waals surface area contributed by atoms with E-state index in [-0.39, 0.29) is 45.6 Å². The van der Waals surface area contributed by atoms with Crippen LogP contribution in [0.1, 0.15) is 83.2 Å². The molecule has 0 spiro atoms. The summed E-state index contributed by atoms with van der Waals surface area (Å²) in [6.07, 6.45) is 7.76. The third kappa shape index (κ3) is 5.87. The quantitative estimate of drug-likeness (QED) is 0.468. The summed E-state index contributed by atoms with van der Waals surface area (Å²) in [4.78, 5) is 57.3. The number of piperidine rings is 2. The van der Waals surface area contributed by atoms with Crippen LogP contribution in [0.25, 0.3) is 0 Å². The molecule has 0 aromatic heterocycles. The molecule has 38 heavy (non-hydrogen) atoms. The van der Waals surface area contributed by atoms with Gasteiger partial charge in [-0.2, -0.15) is 0 Å². The van der Waals surface area contributed by atoms with Gasteiger partial charge in [0, 0.05) is 37.1 Å². The average molecular weight is 517 g/mol. The zero-order valence-electron chi connectivity index (χ0n) is 21.9. The van der Waals surface area contributed by atoms with Gasteiger partial charge in [0.2, 0.25) is 11.8 Å². The Kier molecular flexibility index (Phi) is 8.29. The van der Waals surface area contributed by atoms with E-state index in [0.29, 0.717) is 37.3 Å². The van der Waals surface area contributed by atoms with Gasteiger partial charge in [0.05, 0.1) is 22.5 Å². The molecule has 8 heteroatoms. The Morgan fingerprint density at radius 3 is 1.39 bits per heavy atom. The molecule has 2 saturated heterocycles. The van der Waals surface area contributed by atoms with Crippen molar-refractivity contribution < 1.29 is 19.2 Å². The Morgan fingerprint density at radius 1 is 0.605 bits per heavy atom. The number of fused-ring (bicyclic) bond motifs is 2. The Balaban J connectivity index is 1.29. The first kappa shape index (κ1) is 26.3. The zero-order valence-corrected chi connectivity index (χ0v) is 21.9. The molecule has 200 valence electrons. The van der Waals surface area contributed by atoms with Crippen LogP contribution in [0.5, 0.6) is 0 Å². The fourth-order valence-electron chi connectivity index (χ4n) is 5.76. The summed E-state index contributed by atoms with van der Waals surface area (Å²) in [5.41, 5.74) is 1.62. The number of nitrogens with zero attached hydrogens (tertiary/aromatic N) is 2. The highest BCUT2D eigenvalue weighted by Gasteiger charge is 2.34. The van der Waals surface area contributed by atoms with Crippen molar-refractivity contribution in [1.82, 2.24) is 9.80 Å². The molecular formula is C30H36N4O4. The first-order valence-electron chi connectivity index (χ1n) is 13.9. The number of amides is 2. The van der Waals surface area contributed by atoms with Gasteiger partial charge in [-0.05, 0) is 64.0 Å². The highest BCUT2D eigenvalue weighted by Crippen LogP contribution is 2.35. The summed E-state index contributed by atoms with van der Waals surface area (Å²) < 4.78 is 0. The van der Waals surface area contributed by atoms with Crippen LogP contribution in [-0.2, 0) is 9.59 Å². The van der Waals surface area contributed by atoms with Gasteiger partial charge in [0.15, 0.2) is 11.6 Å². The third-order valence-corrected chi connectivity index (χ3v) is 7.83. The van der Waals surface area contributed by atoms with Crippen molar-refractivity contribution in [1.29, 1.82) is 0 Å². The molecule has 0 unspecified atom stereocenters. The van der Waals surface area contributed by atoms with Crippen LogP contribution in [0, 0.1) is 0 Å². The average Bonchev–Trinajstić information content (AvgIpc) is 2.95. The Morgan fingerprint density at radius 2 is 1.00 bits per heavy atom. The molecule has 2 aromatic carbocycles. The highest BCUT2D eigenvalue weighted by atomic mass is 16.2. The standard InChI is InChI=1S/C30H36N4O4/c35-25(13-19-33-15-3-1-4-16-33)31-23-11-7-9-21-27(23)29(37)22-10-8-12-24(28(22)30(21)38)32-26(36)14-20-34-17-5-2-6-18-34/h7-12H,1-6,13-20H2,(H,31,35)(H,32,36). The van der Waals surface area contributed by atoms with Crippen LogP contribution in [-0.4, -0.2) is 72.4 Å². The van der Waals surface area contributed by atoms with Gasteiger partial charge in [-0.25, -0.2) is 0 Å². The molecule has 8 nitrogen and oxygen atoms in total. The lowest BCUT2D eigenvalue weighted by Crippen LogP contribution is -2.33. The van der Waals surface area contributed by atoms with E-state index in [1.807, 2.05) is 0 Å². The smallest absolute Gasteiger partial charge is 0.225 e. The summed E-state index contributed by atoms with van der Waals surface area (Å²) in [5, 5.41) is 5.75. The van der Waals surface area contributed by atoms with Crippen molar-refractivity contribution in [3.63, 3.8) is 0 Å². The van der Waals surface area contributed by atoms with Crippen LogP contribution in [0.2, 0.25) is 0 Å². The SMILES string of the molecule is O=C(CCN1CCCCC1)Nc1cccc2c1C(=O)c1cccc(NC(=O)CCN3CCCCC3)c1C2=O. The zero-order chi connectivity index (χ0) is 26.5. The first-order chi connectivity index (χ1) is 18.5. The molecule has 2 heterocycles. The maximum Gasteiger partial charge on any atom is 0.225 e. The van der Waals surface area contributed by atoms with Crippen molar-refractivity contribution in [3.05, 3.63) is 58.7 Å². The topological polar surface area (TPSA) is 98.8 Å². The second kappa shape index (κ2) is 12.0. The number of ketones is 2. The van der Waals surface area contributed by atoms with Gasteiger partial charge in [-0.1, -0.05) is 37.1 Å². The van der Waals surface area contributed by atoms with E-state index in [0.717, 1.165) is 51.9 Å². The van der Waals surface area contributed by atoms with Crippen LogP contribution < -0.4 is 10.6 Å². The van der Waals surface area contributed by atoms with E-state index in [9.17, 15) is 19.2 Å². The van der Waals surface area contributed by atoms with Gasteiger partial charge < -0.3 is 20.4 Å². The predicted molar refractivity (Wildman–Crippen MR) is 147 cm³/mol. The minimum Gasteiger partial charge on any atom is -0.325 e. The predicted octanol–water partition coefficient (Wildman–Crippen LogP) is 4.09. The number of anilines is 2. The van der Waals surface area contributed by atoms with Gasteiger partial charge in [0.25, 0.3) is 0 Å². The highest BCUT2D eigenvalue weighted by molar-refractivity contribution is 6.32. The molecule has 3 aliphatic rings. The lowest BCUT2D eigenvalue weighted by molar-refractivity contribution is -0.117. The number of likely N-dealkylation sites (tertiary alicyclic amines) is 2. The molecule has 2 aromatic rings. The minimum absolute atomic E-state index is 0.176. The monoisotopic (exact) mass is 516 g/mol. The van der Waals surface area contributed by atoms with E-state index in [1.54, 1.807) is 36.4 Å². The van der Waals surface area contributed by atoms with Crippen LogP contribution in [0.15, 0.2) is 36.4 Å². The maximum absolute atomic E-state index is 13.6. The van der Waals surface area contributed by atoms with Crippen molar-refractivity contribution in [2.45, 2.75) is 51.4 Å². The Labute approximate surface area is 223 Å². The van der Waals surface area contributed by atoms with Gasteiger partial charge in [0.1, 0.15) is 0 Å². The number of carbonyl (C=O) groups is 4.